The third-order valence-electron chi connectivity index (χ3n) is 1.95. The van der Waals surface area contributed by atoms with E-state index in [1.165, 1.54) is 7.05 Å². The topological polar surface area (TPSA) is 145 Å². The van der Waals surface area contributed by atoms with Crippen molar-refractivity contribution in [2.45, 2.75) is 11.4 Å². The number of carbonyl (C=O) groups is 1. The van der Waals surface area contributed by atoms with Gasteiger partial charge in [0.15, 0.2) is 0 Å². The number of aliphatic carboxylic acids is 1. The highest BCUT2D eigenvalue weighted by Gasteiger charge is 2.19. The highest BCUT2D eigenvalue weighted by molar-refractivity contribution is 7.92. The maximum absolute atomic E-state index is 11.9. The van der Waals surface area contributed by atoms with Gasteiger partial charge in [0.25, 0.3) is 16.0 Å². The standard InChI is InChI=1S/C7H9N7O4S/c1-13-10-7(9-12-13)11-19(17,18)5-2-8-14(3-5)4-6(15)16/h2-3H,4H2,1H3,(H,10,11)(H,15,16). The first kappa shape index (κ1) is 12.9. The number of nitrogens with one attached hydrogen (secondary N) is 1. The first-order valence-electron chi connectivity index (χ1n) is 4.88. The number of anilines is 1. The van der Waals surface area contributed by atoms with E-state index in [2.05, 4.69) is 25.2 Å². The molecule has 0 radical (unpaired) electrons. The zero-order chi connectivity index (χ0) is 14.0. The summed E-state index contributed by atoms with van der Waals surface area (Å²) in [6.07, 6.45) is 2.12. The summed E-state index contributed by atoms with van der Waals surface area (Å²) >= 11 is 0. The Bertz CT molecular complexity index is 703. The van der Waals surface area contributed by atoms with E-state index in [-0.39, 0.29) is 10.8 Å². The summed E-state index contributed by atoms with van der Waals surface area (Å²) in [4.78, 5) is 11.4. The van der Waals surface area contributed by atoms with Gasteiger partial charge in [-0.25, -0.2) is 13.1 Å². The minimum absolute atomic E-state index is 0.187. The Hall–Kier alpha value is -2.50. The molecular weight excluding hydrogens is 278 g/mol. The molecule has 2 aromatic rings. The van der Waals surface area contributed by atoms with Gasteiger partial charge in [0.2, 0.25) is 0 Å². The summed E-state index contributed by atoms with van der Waals surface area (Å²) < 4.78 is 26.8. The van der Waals surface area contributed by atoms with Gasteiger partial charge in [0, 0.05) is 6.20 Å². The summed E-state index contributed by atoms with van der Waals surface area (Å²) in [7, 11) is -2.44. The zero-order valence-electron chi connectivity index (χ0n) is 9.63. The van der Waals surface area contributed by atoms with Crippen LogP contribution in [0.2, 0.25) is 0 Å². The molecular formula is C7H9N7O4S. The van der Waals surface area contributed by atoms with Crippen LogP contribution < -0.4 is 4.72 Å². The first-order chi connectivity index (χ1) is 8.87. The van der Waals surface area contributed by atoms with Crippen molar-refractivity contribution in [1.82, 2.24) is 30.0 Å². The summed E-state index contributed by atoms with van der Waals surface area (Å²) in [5.74, 6) is -1.32. The van der Waals surface area contributed by atoms with E-state index in [0.29, 0.717) is 0 Å². The van der Waals surface area contributed by atoms with E-state index >= 15 is 0 Å². The number of carboxylic acid groups (broad SMARTS) is 1. The average molecular weight is 287 g/mol. The Kier molecular flexibility index (Phi) is 3.16. The van der Waals surface area contributed by atoms with Crippen LogP contribution in [0.15, 0.2) is 17.3 Å². The number of rotatable bonds is 5. The number of aryl methyl sites for hydroxylation is 1. The van der Waals surface area contributed by atoms with Crippen molar-refractivity contribution in [3.8, 4) is 0 Å². The smallest absolute Gasteiger partial charge is 0.325 e. The number of aromatic nitrogens is 6. The summed E-state index contributed by atoms with van der Waals surface area (Å²) in [6.45, 7) is -0.432. The number of hydrogen-bond acceptors (Lipinski definition) is 7. The van der Waals surface area contributed by atoms with Gasteiger partial charge >= 0.3 is 5.97 Å². The molecule has 12 heteroatoms. The molecule has 102 valence electrons. The molecule has 0 fully saturated rings. The molecule has 19 heavy (non-hydrogen) atoms. The third kappa shape index (κ3) is 3.04. The number of sulfonamides is 1. The summed E-state index contributed by atoms with van der Waals surface area (Å²) in [5, 5.41) is 22.8. The second kappa shape index (κ2) is 4.64. The van der Waals surface area contributed by atoms with E-state index in [9.17, 15) is 13.2 Å². The lowest BCUT2D eigenvalue weighted by atomic mass is 10.6. The molecule has 2 heterocycles. The van der Waals surface area contributed by atoms with Gasteiger partial charge < -0.3 is 5.11 Å². The number of nitrogens with zero attached hydrogens (tertiary/aromatic N) is 6. The molecule has 0 spiro atoms. The van der Waals surface area contributed by atoms with Crippen molar-refractivity contribution >= 4 is 21.9 Å². The fourth-order valence-electron chi connectivity index (χ4n) is 1.21. The molecule has 0 saturated carbocycles. The molecule has 0 saturated heterocycles. The molecule has 0 bridgehead atoms. The predicted molar refractivity (Wildman–Crippen MR) is 59.5 cm³/mol. The lowest BCUT2D eigenvalue weighted by Crippen LogP contribution is -2.14. The minimum Gasteiger partial charge on any atom is -0.480 e. The van der Waals surface area contributed by atoms with Gasteiger partial charge in [-0.2, -0.15) is 9.90 Å². The van der Waals surface area contributed by atoms with Crippen molar-refractivity contribution in [3.63, 3.8) is 0 Å². The van der Waals surface area contributed by atoms with E-state index in [1.54, 1.807) is 0 Å². The van der Waals surface area contributed by atoms with Crippen LogP contribution in [0.5, 0.6) is 0 Å². The Morgan fingerprint density at radius 2 is 2.26 bits per heavy atom. The molecule has 2 N–H and O–H groups in total. The third-order valence-corrected chi connectivity index (χ3v) is 3.23. The van der Waals surface area contributed by atoms with E-state index in [1.807, 2.05) is 0 Å². The van der Waals surface area contributed by atoms with Crippen LogP contribution in [0.25, 0.3) is 0 Å². The van der Waals surface area contributed by atoms with Crippen LogP contribution in [-0.2, 0) is 28.4 Å². The van der Waals surface area contributed by atoms with E-state index in [4.69, 9.17) is 5.11 Å². The Morgan fingerprint density at radius 1 is 1.53 bits per heavy atom. The maximum Gasteiger partial charge on any atom is 0.325 e. The Morgan fingerprint density at radius 3 is 2.84 bits per heavy atom. The van der Waals surface area contributed by atoms with Crippen molar-refractivity contribution in [3.05, 3.63) is 12.4 Å². The van der Waals surface area contributed by atoms with Crippen LogP contribution in [0.1, 0.15) is 0 Å². The van der Waals surface area contributed by atoms with Crippen LogP contribution >= 0.6 is 0 Å². The molecule has 2 aromatic heterocycles. The van der Waals surface area contributed by atoms with Crippen molar-refractivity contribution in [2.24, 2.45) is 7.05 Å². The summed E-state index contributed by atoms with van der Waals surface area (Å²) in [5.41, 5.74) is 0. The molecule has 0 aliphatic rings. The first-order valence-corrected chi connectivity index (χ1v) is 6.36. The molecule has 0 atom stereocenters. The lowest BCUT2D eigenvalue weighted by Gasteiger charge is -2.00. The van der Waals surface area contributed by atoms with Crippen LogP contribution in [0, 0.1) is 0 Å². The van der Waals surface area contributed by atoms with Crippen molar-refractivity contribution < 1.29 is 18.3 Å². The van der Waals surface area contributed by atoms with E-state index in [0.717, 1.165) is 21.9 Å². The normalized spacial score (nSPS) is 11.4. The number of tetrazole rings is 1. The van der Waals surface area contributed by atoms with Crippen molar-refractivity contribution in [2.75, 3.05) is 4.72 Å². The second-order valence-corrected chi connectivity index (χ2v) is 5.16. The fourth-order valence-corrected chi connectivity index (χ4v) is 2.10. The maximum atomic E-state index is 11.9. The van der Waals surface area contributed by atoms with Gasteiger partial charge in [0.1, 0.15) is 11.4 Å². The Balaban J connectivity index is 2.19. The molecule has 2 rings (SSSR count). The predicted octanol–water partition coefficient (Wildman–Crippen LogP) is -1.71. The second-order valence-electron chi connectivity index (χ2n) is 3.48. The molecule has 0 unspecified atom stereocenters. The molecule has 0 amide bonds. The van der Waals surface area contributed by atoms with E-state index < -0.39 is 22.5 Å². The quantitative estimate of drug-likeness (QED) is 0.661. The summed E-state index contributed by atoms with van der Waals surface area (Å²) in [6, 6.07) is 0. The van der Waals surface area contributed by atoms with Crippen LogP contribution in [-0.4, -0.2) is 49.5 Å². The van der Waals surface area contributed by atoms with Gasteiger partial charge in [-0.1, -0.05) is 5.10 Å². The van der Waals surface area contributed by atoms with Crippen LogP contribution in [0.4, 0.5) is 5.95 Å². The van der Waals surface area contributed by atoms with Crippen LogP contribution in [0.3, 0.4) is 0 Å². The number of hydrogen-bond donors (Lipinski definition) is 2. The largest absolute Gasteiger partial charge is 0.480 e. The van der Waals surface area contributed by atoms with Gasteiger partial charge in [-0.15, -0.1) is 5.10 Å². The Labute approximate surface area is 106 Å². The lowest BCUT2D eigenvalue weighted by molar-refractivity contribution is -0.137. The molecule has 11 nitrogen and oxygen atoms in total. The number of carboxylic acids is 1. The molecule has 0 aliphatic heterocycles. The van der Waals surface area contributed by atoms with Gasteiger partial charge in [0.05, 0.1) is 13.2 Å². The zero-order valence-corrected chi connectivity index (χ0v) is 10.4. The molecule has 0 aliphatic carbocycles. The minimum atomic E-state index is -3.92. The SMILES string of the molecule is Cn1nnc(NS(=O)(=O)c2cnn(CC(=O)O)c2)n1. The average Bonchev–Trinajstić information content (AvgIpc) is 2.87. The molecule has 0 aromatic carbocycles. The van der Waals surface area contributed by atoms with Gasteiger partial charge in [-0.05, 0) is 5.21 Å². The fraction of sp³-hybridized carbons (Fsp3) is 0.286. The monoisotopic (exact) mass is 287 g/mol. The highest BCUT2D eigenvalue weighted by Crippen LogP contribution is 2.11. The van der Waals surface area contributed by atoms with Gasteiger partial charge in [-0.3, -0.25) is 9.48 Å². The highest BCUT2D eigenvalue weighted by atomic mass is 32.2. The van der Waals surface area contributed by atoms with Crippen molar-refractivity contribution in [1.29, 1.82) is 0 Å².